The van der Waals surface area contributed by atoms with Crippen molar-refractivity contribution in [2.75, 3.05) is 38.1 Å². The summed E-state index contributed by atoms with van der Waals surface area (Å²) in [4.78, 5) is 17.7. The summed E-state index contributed by atoms with van der Waals surface area (Å²) in [6.07, 6.45) is 0. The van der Waals surface area contributed by atoms with Gasteiger partial charge in [0.05, 0.1) is 4.88 Å². The van der Waals surface area contributed by atoms with Crippen LogP contribution < -0.4 is 0 Å². The Kier molecular flexibility index (Phi) is 4.21. The van der Waals surface area contributed by atoms with E-state index in [0.717, 1.165) is 42.9 Å². The van der Waals surface area contributed by atoms with Gasteiger partial charge < -0.3 is 4.90 Å². The van der Waals surface area contributed by atoms with Crippen LogP contribution in [0.3, 0.4) is 0 Å². The van der Waals surface area contributed by atoms with Crippen molar-refractivity contribution in [1.82, 2.24) is 9.80 Å². The zero-order valence-corrected chi connectivity index (χ0v) is 13.7. The summed E-state index contributed by atoms with van der Waals surface area (Å²) in [7, 11) is 0. The lowest BCUT2D eigenvalue weighted by molar-refractivity contribution is 0.0650. The number of carbonyl (C=O) groups is 1. The summed E-state index contributed by atoms with van der Waals surface area (Å²) in [6, 6.07) is 4.13. The number of fused-ring (bicyclic) bond motifs is 1. The predicted octanol–water partition coefficient (Wildman–Crippen LogP) is 3.12. The third kappa shape index (κ3) is 2.86. The molecule has 0 spiro atoms. The molecular weight excluding hydrogens is 344 g/mol. The first-order valence-electron chi connectivity index (χ1n) is 6.32. The maximum Gasteiger partial charge on any atom is 0.264 e. The third-order valence-corrected chi connectivity index (χ3v) is 5.85. The summed E-state index contributed by atoms with van der Waals surface area (Å²) < 4.78 is 2.46. The Hall–Kier alpha value is -0.430. The number of hydrogen-bond donors (Lipinski definition) is 0. The quantitative estimate of drug-likeness (QED) is 0.787. The zero-order chi connectivity index (χ0) is 13.2. The summed E-state index contributed by atoms with van der Waals surface area (Å²) in [5.41, 5.74) is 0. The second-order valence-corrected chi connectivity index (χ2v) is 7.41. The van der Waals surface area contributed by atoms with Crippen LogP contribution in [0.1, 0.15) is 9.67 Å². The number of piperazine rings is 1. The van der Waals surface area contributed by atoms with Gasteiger partial charge in [0.2, 0.25) is 0 Å². The standard InChI is InChI=1S/C13H15BrN2OS2/c14-2-3-15-4-6-16(7-5-15)13(17)12-9-11-10(19-12)1-8-18-11/h1,8-9H,2-7H2. The van der Waals surface area contributed by atoms with E-state index >= 15 is 0 Å². The minimum atomic E-state index is 0.201. The van der Waals surface area contributed by atoms with Gasteiger partial charge in [-0.3, -0.25) is 9.69 Å². The van der Waals surface area contributed by atoms with E-state index in [2.05, 4.69) is 32.3 Å². The molecule has 3 heterocycles. The molecule has 1 fully saturated rings. The highest BCUT2D eigenvalue weighted by Gasteiger charge is 2.23. The molecule has 0 atom stereocenters. The molecule has 1 aliphatic rings. The van der Waals surface area contributed by atoms with E-state index in [-0.39, 0.29) is 5.91 Å². The lowest BCUT2D eigenvalue weighted by Gasteiger charge is -2.34. The highest BCUT2D eigenvalue weighted by molar-refractivity contribution is 9.09. The van der Waals surface area contributed by atoms with Crippen molar-refractivity contribution in [1.29, 1.82) is 0 Å². The SMILES string of the molecule is O=C(c1cc2sccc2s1)N1CCN(CCBr)CC1. The van der Waals surface area contributed by atoms with Crippen molar-refractivity contribution in [3.8, 4) is 0 Å². The highest BCUT2D eigenvalue weighted by atomic mass is 79.9. The molecule has 1 amide bonds. The number of amides is 1. The average molecular weight is 359 g/mol. The van der Waals surface area contributed by atoms with Crippen LogP contribution in [0.25, 0.3) is 9.40 Å². The van der Waals surface area contributed by atoms with Crippen LogP contribution in [0.2, 0.25) is 0 Å². The number of nitrogens with zero attached hydrogens (tertiary/aromatic N) is 2. The fourth-order valence-electron chi connectivity index (χ4n) is 2.32. The Bertz CT molecular complexity index is 543. The van der Waals surface area contributed by atoms with Crippen LogP contribution in [0.5, 0.6) is 0 Å². The Morgan fingerprint density at radius 3 is 2.74 bits per heavy atom. The molecule has 0 N–H and O–H groups in total. The number of rotatable bonds is 3. The van der Waals surface area contributed by atoms with Gasteiger partial charge >= 0.3 is 0 Å². The fraction of sp³-hybridized carbons (Fsp3) is 0.462. The summed E-state index contributed by atoms with van der Waals surface area (Å²) >= 11 is 6.78. The Morgan fingerprint density at radius 2 is 2.05 bits per heavy atom. The second-order valence-electron chi connectivity index (χ2n) is 4.58. The van der Waals surface area contributed by atoms with Crippen LogP contribution in [0.15, 0.2) is 17.5 Å². The van der Waals surface area contributed by atoms with Crippen LogP contribution >= 0.6 is 38.6 Å². The van der Waals surface area contributed by atoms with Crippen molar-refractivity contribution in [2.24, 2.45) is 0 Å². The number of halogens is 1. The maximum atomic E-state index is 12.4. The molecule has 102 valence electrons. The molecule has 2 aromatic rings. The Balaban J connectivity index is 1.66. The topological polar surface area (TPSA) is 23.6 Å². The average Bonchev–Trinajstić information content (AvgIpc) is 3.00. The van der Waals surface area contributed by atoms with E-state index in [4.69, 9.17) is 0 Å². The van der Waals surface area contributed by atoms with Gasteiger partial charge in [-0.15, -0.1) is 22.7 Å². The van der Waals surface area contributed by atoms with Crippen molar-refractivity contribution in [2.45, 2.75) is 0 Å². The van der Waals surface area contributed by atoms with E-state index in [1.54, 1.807) is 22.7 Å². The van der Waals surface area contributed by atoms with E-state index in [1.807, 2.05) is 11.0 Å². The smallest absolute Gasteiger partial charge is 0.264 e. The number of hydrogen-bond acceptors (Lipinski definition) is 4. The first-order valence-corrected chi connectivity index (χ1v) is 9.14. The molecule has 0 radical (unpaired) electrons. The molecule has 0 aliphatic carbocycles. The van der Waals surface area contributed by atoms with Crippen molar-refractivity contribution >= 4 is 53.9 Å². The summed E-state index contributed by atoms with van der Waals surface area (Å²) in [6.45, 7) is 4.72. The van der Waals surface area contributed by atoms with Crippen LogP contribution in [0, 0.1) is 0 Å². The number of carbonyl (C=O) groups excluding carboxylic acids is 1. The Morgan fingerprint density at radius 1 is 1.26 bits per heavy atom. The predicted molar refractivity (Wildman–Crippen MR) is 85.8 cm³/mol. The molecule has 1 aliphatic heterocycles. The van der Waals surface area contributed by atoms with E-state index < -0.39 is 0 Å². The van der Waals surface area contributed by atoms with Crippen LogP contribution in [-0.4, -0.2) is 53.8 Å². The zero-order valence-electron chi connectivity index (χ0n) is 10.5. The molecule has 3 nitrogen and oxygen atoms in total. The van der Waals surface area contributed by atoms with Gasteiger partial charge in [0.15, 0.2) is 0 Å². The second kappa shape index (κ2) is 5.91. The molecule has 0 aromatic carbocycles. The van der Waals surface area contributed by atoms with Gasteiger partial charge in [-0.05, 0) is 17.5 Å². The monoisotopic (exact) mass is 358 g/mol. The fourth-order valence-corrected chi connectivity index (χ4v) is 4.90. The molecule has 2 aromatic heterocycles. The van der Waals surface area contributed by atoms with E-state index in [0.29, 0.717) is 0 Å². The van der Waals surface area contributed by atoms with Gasteiger partial charge in [0.1, 0.15) is 0 Å². The Labute approximate surface area is 128 Å². The molecule has 0 saturated carbocycles. The van der Waals surface area contributed by atoms with Gasteiger partial charge in [0, 0.05) is 47.5 Å². The molecule has 1 saturated heterocycles. The largest absolute Gasteiger partial charge is 0.335 e. The lowest BCUT2D eigenvalue weighted by atomic mass is 10.3. The lowest BCUT2D eigenvalue weighted by Crippen LogP contribution is -2.48. The van der Waals surface area contributed by atoms with Gasteiger partial charge in [-0.25, -0.2) is 0 Å². The van der Waals surface area contributed by atoms with Gasteiger partial charge in [0.25, 0.3) is 5.91 Å². The molecule has 0 bridgehead atoms. The summed E-state index contributed by atoms with van der Waals surface area (Å²) in [5, 5.41) is 3.08. The van der Waals surface area contributed by atoms with Crippen molar-refractivity contribution < 1.29 is 4.79 Å². The number of alkyl halides is 1. The van der Waals surface area contributed by atoms with Gasteiger partial charge in [-0.1, -0.05) is 15.9 Å². The normalized spacial score (nSPS) is 17.2. The van der Waals surface area contributed by atoms with E-state index in [1.165, 1.54) is 9.40 Å². The van der Waals surface area contributed by atoms with Crippen LogP contribution in [0.4, 0.5) is 0 Å². The van der Waals surface area contributed by atoms with Crippen molar-refractivity contribution in [3.63, 3.8) is 0 Å². The summed E-state index contributed by atoms with van der Waals surface area (Å²) in [5.74, 6) is 0.201. The van der Waals surface area contributed by atoms with E-state index in [9.17, 15) is 4.79 Å². The highest BCUT2D eigenvalue weighted by Crippen LogP contribution is 2.30. The first kappa shape index (κ1) is 13.5. The van der Waals surface area contributed by atoms with Gasteiger partial charge in [-0.2, -0.15) is 0 Å². The minimum Gasteiger partial charge on any atom is -0.335 e. The molecule has 19 heavy (non-hydrogen) atoms. The minimum absolute atomic E-state index is 0.201. The third-order valence-electron chi connectivity index (χ3n) is 3.41. The first-order chi connectivity index (χ1) is 9.28. The maximum absolute atomic E-state index is 12.4. The molecule has 3 rings (SSSR count). The van der Waals surface area contributed by atoms with Crippen LogP contribution in [-0.2, 0) is 0 Å². The molecular formula is C13H15BrN2OS2. The number of thiophene rings is 2. The molecule has 0 unspecified atom stereocenters. The molecule has 6 heteroatoms. The van der Waals surface area contributed by atoms with Crippen molar-refractivity contribution in [3.05, 3.63) is 22.4 Å².